The van der Waals surface area contributed by atoms with Crippen LogP contribution in [0.5, 0.6) is 0 Å². The van der Waals surface area contributed by atoms with Crippen LogP contribution in [0.1, 0.15) is 12.5 Å². The Labute approximate surface area is 98.0 Å². The predicted molar refractivity (Wildman–Crippen MR) is 60.7 cm³/mol. The van der Waals surface area contributed by atoms with E-state index >= 15 is 0 Å². The first-order valence-electron chi connectivity index (χ1n) is 5.08. The zero-order chi connectivity index (χ0) is 12.5. The van der Waals surface area contributed by atoms with Crippen molar-refractivity contribution in [2.75, 3.05) is 18.5 Å². The molecule has 0 spiro atoms. The number of benzene rings is 1. The van der Waals surface area contributed by atoms with Crippen LogP contribution in [0.25, 0.3) is 0 Å². The van der Waals surface area contributed by atoms with Gasteiger partial charge in [0.1, 0.15) is 5.69 Å². The van der Waals surface area contributed by atoms with Gasteiger partial charge in [-0.3, -0.25) is 10.1 Å². The third kappa shape index (κ3) is 2.19. The van der Waals surface area contributed by atoms with E-state index in [9.17, 15) is 10.1 Å². The zero-order valence-corrected chi connectivity index (χ0v) is 9.27. The van der Waals surface area contributed by atoms with E-state index in [1.807, 2.05) is 13.0 Å². The molecule has 0 bridgehead atoms. The van der Waals surface area contributed by atoms with Crippen LogP contribution in [0.4, 0.5) is 11.4 Å². The van der Waals surface area contributed by atoms with Gasteiger partial charge in [-0.15, -0.1) is 0 Å². The first-order chi connectivity index (χ1) is 8.04. The molecule has 1 N–H and O–H groups in total. The zero-order valence-electron chi connectivity index (χ0n) is 9.27. The molecule has 1 aliphatic rings. The van der Waals surface area contributed by atoms with Gasteiger partial charge in [-0.1, -0.05) is 0 Å². The molecule has 88 valence electrons. The van der Waals surface area contributed by atoms with Crippen LogP contribution in [-0.2, 0) is 4.74 Å². The van der Waals surface area contributed by atoms with Gasteiger partial charge in [0.25, 0.3) is 5.69 Å². The highest BCUT2D eigenvalue weighted by atomic mass is 16.6. The van der Waals surface area contributed by atoms with Crippen LogP contribution in [0.15, 0.2) is 18.2 Å². The van der Waals surface area contributed by atoms with Crippen LogP contribution in [-0.4, -0.2) is 23.7 Å². The summed E-state index contributed by atoms with van der Waals surface area (Å²) in [4.78, 5) is 10.4. The first-order valence-corrected chi connectivity index (χ1v) is 5.08. The minimum Gasteiger partial charge on any atom is -0.376 e. The maximum atomic E-state index is 10.9. The molecule has 0 atom stereocenters. The van der Waals surface area contributed by atoms with Crippen molar-refractivity contribution in [1.82, 2.24) is 0 Å². The molecule has 0 saturated carbocycles. The first kappa shape index (κ1) is 11.4. The van der Waals surface area contributed by atoms with E-state index in [0.29, 0.717) is 24.5 Å². The summed E-state index contributed by atoms with van der Waals surface area (Å²) in [6.07, 6.45) is 0. The fourth-order valence-corrected chi connectivity index (χ4v) is 1.67. The Morgan fingerprint density at radius 3 is 2.76 bits per heavy atom. The lowest BCUT2D eigenvalue weighted by Gasteiger charge is -2.39. The molecule has 0 aromatic heterocycles. The second-order valence-corrected chi connectivity index (χ2v) is 4.28. The summed E-state index contributed by atoms with van der Waals surface area (Å²) in [6, 6.07) is 6.22. The maximum Gasteiger partial charge on any atom is 0.292 e. The van der Waals surface area contributed by atoms with Gasteiger partial charge >= 0.3 is 0 Å². The molecule has 1 heterocycles. The van der Waals surface area contributed by atoms with Crippen LogP contribution in [0.3, 0.4) is 0 Å². The molecule has 2 rings (SSSR count). The number of nitriles is 1. The van der Waals surface area contributed by atoms with Gasteiger partial charge in [-0.2, -0.15) is 5.26 Å². The molecular weight excluding hydrogens is 222 g/mol. The van der Waals surface area contributed by atoms with E-state index in [2.05, 4.69) is 5.32 Å². The fraction of sp³-hybridized carbons (Fsp3) is 0.364. The Bertz CT molecular complexity index is 503. The van der Waals surface area contributed by atoms with Gasteiger partial charge in [0, 0.05) is 6.07 Å². The Morgan fingerprint density at radius 1 is 1.59 bits per heavy atom. The minimum atomic E-state index is -0.466. The topological polar surface area (TPSA) is 88.2 Å². The molecule has 0 aliphatic carbocycles. The molecule has 1 aliphatic heterocycles. The second kappa shape index (κ2) is 4.03. The summed E-state index contributed by atoms with van der Waals surface area (Å²) in [5, 5.41) is 22.7. The summed E-state index contributed by atoms with van der Waals surface area (Å²) < 4.78 is 5.07. The molecule has 1 fully saturated rings. The van der Waals surface area contributed by atoms with Gasteiger partial charge in [-0.25, -0.2) is 0 Å². The third-order valence-corrected chi connectivity index (χ3v) is 2.60. The van der Waals surface area contributed by atoms with E-state index in [-0.39, 0.29) is 11.2 Å². The van der Waals surface area contributed by atoms with Crippen LogP contribution < -0.4 is 5.32 Å². The van der Waals surface area contributed by atoms with Crippen molar-refractivity contribution < 1.29 is 9.66 Å². The Kier molecular flexibility index (Phi) is 2.69. The smallest absolute Gasteiger partial charge is 0.292 e. The summed E-state index contributed by atoms with van der Waals surface area (Å²) >= 11 is 0. The average molecular weight is 233 g/mol. The van der Waals surface area contributed by atoms with Gasteiger partial charge in [0.15, 0.2) is 0 Å². The molecule has 0 amide bonds. The molecule has 6 nitrogen and oxygen atoms in total. The molecular formula is C11H11N3O3. The van der Waals surface area contributed by atoms with Crippen LogP contribution in [0, 0.1) is 21.4 Å². The van der Waals surface area contributed by atoms with Crippen molar-refractivity contribution in [2.45, 2.75) is 12.5 Å². The third-order valence-electron chi connectivity index (χ3n) is 2.60. The van der Waals surface area contributed by atoms with E-state index in [1.54, 1.807) is 0 Å². The SMILES string of the molecule is CC1(Nc2cc(C#N)ccc2[N+](=O)[O-])COC1. The molecule has 0 radical (unpaired) electrons. The molecule has 6 heteroatoms. The normalized spacial score (nSPS) is 16.7. The highest BCUT2D eigenvalue weighted by Gasteiger charge is 2.34. The number of nitrogens with one attached hydrogen (secondary N) is 1. The number of nitrogens with zero attached hydrogens (tertiary/aromatic N) is 2. The van der Waals surface area contributed by atoms with Crippen molar-refractivity contribution in [1.29, 1.82) is 5.26 Å². The van der Waals surface area contributed by atoms with Crippen molar-refractivity contribution in [2.24, 2.45) is 0 Å². The number of ether oxygens (including phenoxy) is 1. The van der Waals surface area contributed by atoms with Crippen molar-refractivity contribution >= 4 is 11.4 Å². The Morgan fingerprint density at radius 2 is 2.29 bits per heavy atom. The largest absolute Gasteiger partial charge is 0.376 e. The van der Waals surface area contributed by atoms with E-state index in [0.717, 1.165) is 0 Å². The monoisotopic (exact) mass is 233 g/mol. The number of rotatable bonds is 3. The van der Waals surface area contributed by atoms with E-state index < -0.39 is 4.92 Å². The lowest BCUT2D eigenvalue weighted by molar-refractivity contribution is -0.384. The molecule has 1 aromatic rings. The van der Waals surface area contributed by atoms with Crippen molar-refractivity contribution in [3.8, 4) is 6.07 Å². The number of anilines is 1. The van der Waals surface area contributed by atoms with Crippen LogP contribution in [0.2, 0.25) is 0 Å². The Balaban J connectivity index is 2.35. The van der Waals surface area contributed by atoms with E-state index in [4.69, 9.17) is 10.00 Å². The lowest BCUT2D eigenvalue weighted by atomic mass is 9.99. The summed E-state index contributed by atoms with van der Waals surface area (Å²) in [7, 11) is 0. The predicted octanol–water partition coefficient (Wildman–Crippen LogP) is 1.67. The van der Waals surface area contributed by atoms with Crippen molar-refractivity contribution in [3.63, 3.8) is 0 Å². The number of hydrogen-bond acceptors (Lipinski definition) is 5. The number of nitro benzene ring substituents is 1. The molecule has 1 aromatic carbocycles. The standard InChI is InChI=1S/C11H11N3O3/c1-11(6-17-7-11)13-9-4-8(5-12)2-3-10(9)14(15)16/h2-4,13H,6-7H2,1H3. The van der Waals surface area contributed by atoms with Crippen LogP contribution >= 0.6 is 0 Å². The minimum absolute atomic E-state index is 0.0304. The highest BCUT2D eigenvalue weighted by Crippen LogP contribution is 2.30. The number of hydrogen-bond donors (Lipinski definition) is 1. The summed E-state index contributed by atoms with van der Waals surface area (Å²) in [5.74, 6) is 0. The van der Waals surface area contributed by atoms with Crippen molar-refractivity contribution in [3.05, 3.63) is 33.9 Å². The van der Waals surface area contributed by atoms with Gasteiger partial charge in [-0.05, 0) is 19.1 Å². The highest BCUT2D eigenvalue weighted by molar-refractivity contribution is 5.65. The van der Waals surface area contributed by atoms with Gasteiger partial charge < -0.3 is 10.1 Å². The number of nitro groups is 1. The quantitative estimate of drug-likeness (QED) is 0.633. The van der Waals surface area contributed by atoms with E-state index in [1.165, 1.54) is 18.2 Å². The molecule has 1 saturated heterocycles. The Hall–Kier alpha value is -2.13. The average Bonchev–Trinajstić information content (AvgIpc) is 2.26. The van der Waals surface area contributed by atoms with Gasteiger partial charge in [0.05, 0.1) is 35.3 Å². The lowest BCUT2D eigenvalue weighted by Crippen LogP contribution is -2.53. The fourth-order valence-electron chi connectivity index (χ4n) is 1.67. The molecule has 17 heavy (non-hydrogen) atoms. The summed E-state index contributed by atoms with van der Waals surface area (Å²) in [5.41, 5.74) is 0.428. The van der Waals surface area contributed by atoms with Gasteiger partial charge in [0.2, 0.25) is 0 Å². The maximum absolute atomic E-state index is 10.9. The molecule has 0 unspecified atom stereocenters. The second-order valence-electron chi connectivity index (χ2n) is 4.28. The summed E-state index contributed by atoms with van der Waals surface area (Å²) in [6.45, 7) is 2.92.